The lowest BCUT2D eigenvalue weighted by Crippen LogP contribution is -2.01. The van der Waals surface area contributed by atoms with Crippen molar-refractivity contribution in [3.63, 3.8) is 0 Å². The number of methoxy groups -OCH3 is 1. The molecule has 0 bridgehead atoms. The number of halogens is 3. The van der Waals surface area contributed by atoms with Gasteiger partial charge in [-0.3, -0.25) is 0 Å². The van der Waals surface area contributed by atoms with Gasteiger partial charge >= 0.3 is 0 Å². The maximum absolute atomic E-state index is 9.61. The number of aliphatic hydroxyl groups excluding tert-OH is 1. The number of rotatable bonds is 4. The molecule has 0 radical (unpaired) electrons. The van der Waals surface area contributed by atoms with Gasteiger partial charge in [0, 0.05) is 15.6 Å². The molecule has 0 unspecified atom stereocenters. The summed E-state index contributed by atoms with van der Waals surface area (Å²) in [4.78, 5) is 0. The first-order valence-corrected chi connectivity index (χ1v) is 8.16. The van der Waals surface area contributed by atoms with Crippen LogP contribution >= 0.6 is 34.8 Å². The van der Waals surface area contributed by atoms with Crippen molar-refractivity contribution in [2.45, 2.75) is 6.61 Å². The van der Waals surface area contributed by atoms with Gasteiger partial charge in [0.2, 0.25) is 0 Å². The first kappa shape index (κ1) is 17.1. The van der Waals surface area contributed by atoms with Gasteiger partial charge in [-0.15, -0.1) is 0 Å². The third-order valence-electron chi connectivity index (χ3n) is 3.52. The fraction of sp³-hybridized carbons (Fsp3) is 0.118. The minimum atomic E-state index is -0.262. The molecule has 124 valence electrons. The molecule has 0 fully saturated rings. The zero-order valence-electron chi connectivity index (χ0n) is 12.6. The van der Waals surface area contributed by atoms with Gasteiger partial charge in [-0.25, -0.2) is 4.68 Å². The van der Waals surface area contributed by atoms with E-state index in [2.05, 4.69) is 5.10 Å². The van der Waals surface area contributed by atoms with Crippen molar-refractivity contribution in [2.24, 2.45) is 0 Å². The number of hydrogen-bond donors (Lipinski definition) is 1. The second-order valence-electron chi connectivity index (χ2n) is 5.00. The van der Waals surface area contributed by atoms with Crippen LogP contribution in [-0.2, 0) is 6.61 Å². The molecule has 4 nitrogen and oxygen atoms in total. The summed E-state index contributed by atoms with van der Waals surface area (Å²) in [5.41, 5.74) is 2.54. The average molecular weight is 384 g/mol. The normalized spacial score (nSPS) is 10.9. The van der Waals surface area contributed by atoms with Crippen molar-refractivity contribution in [3.8, 4) is 22.7 Å². The molecule has 0 amide bonds. The molecule has 0 aliphatic carbocycles. The smallest absolute Gasteiger partial charge is 0.170 e. The van der Waals surface area contributed by atoms with Gasteiger partial charge in [0.1, 0.15) is 11.4 Å². The monoisotopic (exact) mass is 382 g/mol. The zero-order valence-corrected chi connectivity index (χ0v) is 14.9. The highest BCUT2D eigenvalue weighted by Gasteiger charge is 2.22. The minimum absolute atomic E-state index is 0.262. The third-order valence-corrected chi connectivity index (χ3v) is 4.31. The van der Waals surface area contributed by atoms with Crippen molar-refractivity contribution in [2.75, 3.05) is 7.11 Å². The highest BCUT2D eigenvalue weighted by Crippen LogP contribution is 2.37. The van der Waals surface area contributed by atoms with Crippen molar-refractivity contribution >= 4 is 34.8 Å². The standard InChI is InChI=1S/C17H13Cl3N2O2/c1-24-17-14(9-23)21-22(15-7-6-12(19)8-13(15)20)16(17)10-2-4-11(18)5-3-10/h2-8,23H,9H2,1H3. The van der Waals surface area contributed by atoms with E-state index in [0.717, 1.165) is 5.56 Å². The average Bonchev–Trinajstić information content (AvgIpc) is 2.94. The lowest BCUT2D eigenvalue weighted by molar-refractivity contribution is 0.268. The van der Waals surface area contributed by atoms with Gasteiger partial charge in [-0.2, -0.15) is 5.10 Å². The second kappa shape index (κ2) is 7.03. The lowest BCUT2D eigenvalue weighted by atomic mass is 10.1. The van der Waals surface area contributed by atoms with Crippen molar-refractivity contribution < 1.29 is 9.84 Å². The predicted molar refractivity (Wildman–Crippen MR) is 96.5 cm³/mol. The van der Waals surface area contributed by atoms with Crippen LogP contribution < -0.4 is 4.74 Å². The Hall–Kier alpha value is -1.72. The number of hydrogen-bond acceptors (Lipinski definition) is 3. The van der Waals surface area contributed by atoms with Crippen LogP contribution in [0.2, 0.25) is 15.1 Å². The van der Waals surface area contributed by atoms with Crippen LogP contribution in [0.1, 0.15) is 5.69 Å². The van der Waals surface area contributed by atoms with E-state index in [0.29, 0.717) is 37.9 Å². The third kappa shape index (κ3) is 3.10. The Morgan fingerprint density at radius 1 is 1.04 bits per heavy atom. The summed E-state index contributed by atoms with van der Waals surface area (Å²) in [6, 6.07) is 12.4. The minimum Gasteiger partial charge on any atom is -0.492 e. The summed E-state index contributed by atoms with van der Waals surface area (Å²) in [6.07, 6.45) is 0. The number of aliphatic hydroxyl groups is 1. The molecule has 3 rings (SSSR count). The van der Waals surface area contributed by atoms with Crippen LogP contribution in [0.5, 0.6) is 5.75 Å². The highest BCUT2D eigenvalue weighted by molar-refractivity contribution is 6.35. The lowest BCUT2D eigenvalue weighted by Gasteiger charge is -2.11. The van der Waals surface area contributed by atoms with Crippen molar-refractivity contribution in [1.82, 2.24) is 9.78 Å². The van der Waals surface area contributed by atoms with E-state index in [-0.39, 0.29) is 6.61 Å². The van der Waals surface area contributed by atoms with E-state index < -0.39 is 0 Å². The van der Waals surface area contributed by atoms with E-state index in [9.17, 15) is 5.11 Å². The molecule has 1 aromatic heterocycles. The van der Waals surface area contributed by atoms with Crippen LogP contribution in [0.4, 0.5) is 0 Å². The van der Waals surface area contributed by atoms with E-state index in [1.165, 1.54) is 7.11 Å². The fourth-order valence-corrected chi connectivity index (χ4v) is 3.07. The molecule has 0 aliphatic rings. The summed E-state index contributed by atoms with van der Waals surface area (Å²) < 4.78 is 7.10. The molecule has 7 heteroatoms. The molecule has 24 heavy (non-hydrogen) atoms. The van der Waals surface area contributed by atoms with Crippen LogP contribution in [0, 0.1) is 0 Å². The summed E-state index contributed by atoms with van der Waals surface area (Å²) in [7, 11) is 1.53. The summed E-state index contributed by atoms with van der Waals surface area (Å²) in [5.74, 6) is 0.478. The Labute approximate surface area is 154 Å². The Morgan fingerprint density at radius 2 is 1.71 bits per heavy atom. The molecule has 0 atom stereocenters. The van der Waals surface area contributed by atoms with Crippen LogP contribution in [0.15, 0.2) is 42.5 Å². The first-order valence-electron chi connectivity index (χ1n) is 7.03. The SMILES string of the molecule is COc1c(CO)nn(-c2ccc(Cl)cc2Cl)c1-c1ccc(Cl)cc1. The molecule has 0 aliphatic heterocycles. The molecular formula is C17H13Cl3N2O2. The van der Waals surface area contributed by atoms with E-state index in [4.69, 9.17) is 39.5 Å². The van der Waals surface area contributed by atoms with Gasteiger partial charge < -0.3 is 9.84 Å². The van der Waals surface area contributed by atoms with Crippen LogP contribution in [0.25, 0.3) is 16.9 Å². The molecule has 1 heterocycles. The molecular weight excluding hydrogens is 371 g/mol. The maximum atomic E-state index is 9.61. The van der Waals surface area contributed by atoms with Crippen LogP contribution in [0.3, 0.4) is 0 Å². The van der Waals surface area contributed by atoms with Crippen LogP contribution in [-0.4, -0.2) is 22.0 Å². The van der Waals surface area contributed by atoms with Gasteiger partial charge in [0.25, 0.3) is 0 Å². The largest absolute Gasteiger partial charge is 0.492 e. The summed E-state index contributed by atoms with van der Waals surface area (Å²) in [6.45, 7) is -0.262. The van der Waals surface area contributed by atoms with Gasteiger partial charge in [-0.05, 0) is 30.3 Å². The van der Waals surface area contributed by atoms with Gasteiger partial charge in [0.15, 0.2) is 5.75 Å². The molecule has 0 spiro atoms. The topological polar surface area (TPSA) is 47.3 Å². The van der Waals surface area contributed by atoms with Crippen molar-refractivity contribution in [3.05, 3.63) is 63.2 Å². The molecule has 0 saturated heterocycles. The Bertz CT molecular complexity index is 876. The predicted octanol–water partition coefficient (Wildman–Crippen LogP) is 5.00. The Kier molecular flexibility index (Phi) is 5.01. The quantitative estimate of drug-likeness (QED) is 0.689. The summed E-state index contributed by atoms with van der Waals surface area (Å²) in [5, 5.41) is 15.6. The summed E-state index contributed by atoms with van der Waals surface area (Å²) >= 11 is 18.3. The molecule has 0 saturated carbocycles. The molecule has 2 aromatic carbocycles. The van der Waals surface area contributed by atoms with Gasteiger partial charge in [0.05, 0.1) is 24.4 Å². The number of ether oxygens (including phenoxy) is 1. The van der Waals surface area contributed by atoms with E-state index in [1.54, 1.807) is 35.0 Å². The Morgan fingerprint density at radius 3 is 2.29 bits per heavy atom. The number of aromatic nitrogens is 2. The van der Waals surface area contributed by atoms with E-state index in [1.807, 2.05) is 12.1 Å². The number of benzene rings is 2. The van der Waals surface area contributed by atoms with Crippen molar-refractivity contribution in [1.29, 1.82) is 0 Å². The first-order chi connectivity index (χ1) is 11.5. The second-order valence-corrected chi connectivity index (χ2v) is 6.28. The molecule has 1 N–H and O–H groups in total. The molecule has 3 aromatic rings. The fourth-order valence-electron chi connectivity index (χ4n) is 2.46. The highest BCUT2D eigenvalue weighted by atomic mass is 35.5. The number of nitrogens with zero attached hydrogens (tertiary/aromatic N) is 2. The van der Waals surface area contributed by atoms with E-state index >= 15 is 0 Å². The zero-order chi connectivity index (χ0) is 17.3. The van der Waals surface area contributed by atoms with Gasteiger partial charge in [-0.1, -0.05) is 46.9 Å². The Balaban J connectivity index is 2.29. The maximum Gasteiger partial charge on any atom is 0.170 e.